The molecule has 0 radical (unpaired) electrons. The minimum absolute atomic E-state index is 0.0198. The second-order valence-corrected chi connectivity index (χ2v) is 12.5. The number of nitrogens with one attached hydrogen (secondary N) is 3. The van der Waals surface area contributed by atoms with Crippen LogP contribution in [0.2, 0.25) is 0 Å². The third-order valence-electron chi connectivity index (χ3n) is 9.68. The minimum Gasteiger partial charge on any atom is -0.506 e. The number of allylic oxidation sites excluding steroid dienone is 2. The highest BCUT2D eigenvalue weighted by atomic mass is 16.5. The second-order valence-electron chi connectivity index (χ2n) is 12.5. The number of esters is 2. The molecule has 3 aliphatic rings. The standard InChI is InChI=1S/C38H38N4O6/c1-5-27(43)47-19-37(7-3)39-25-13-9-11-21-15-17-23(33(41-37)29(21)25)31-35(45)32(36(31)46)24-18-16-22-12-10-14-26-30(22)34(24)42-38(8-4,40-26)20-48-28(44)6-2/h9-18,39-41,45H,5-8,19-20H2,1-4H3/b32-24+. The summed E-state index contributed by atoms with van der Waals surface area (Å²) in [6.07, 6.45) is 1.59. The van der Waals surface area contributed by atoms with E-state index in [1.165, 1.54) is 0 Å². The molecule has 4 aromatic carbocycles. The number of nitrogens with zero attached hydrogens (tertiary/aromatic N) is 1. The van der Waals surface area contributed by atoms with Gasteiger partial charge in [-0.2, -0.15) is 0 Å². The van der Waals surface area contributed by atoms with E-state index in [0.29, 0.717) is 34.7 Å². The molecule has 0 bridgehead atoms. The van der Waals surface area contributed by atoms with Crippen molar-refractivity contribution in [2.24, 2.45) is 4.99 Å². The average Bonchev–Trinajstić information content (AvgIpc) is 3.11. The quantitative estimate of drug-likeness (QED) is 0.169. The molecule has 0 amide bonds. The molecule has 0 saturated carbocycles. The first kappa shape index (κ1) is 31.2. The van der Waals surface area contributed by atoms with Gasteiger partial charge in [0.15, 0.2) is 5.66 Å². The SMILES string of the molecule is CCC(=O)OCC1(CC)N=c2/c(=C3/C(=O)C(c4ccc5cccc6c5c4NC(CC)(COC(=O)CC)N6)=C3O)ccc3cccc(c23)N1. The predicted molar refractivity (Wildman–Crippen MR) is 186 cm³/mol. The Morgan fingerprint density at radius 1 is 0.750 bits per heavy atom. The highest BCUT2D eigenvalue weighted by Gasteiger charge is 2.41. The van der Waals surface area contributed by atoms with Gasteiger partial charge in [-0.1, -0.05) is 76.2 Å². The zero-order valence-electron chi connectivity index (χ0n) is 27.5. The van der Waals surface area contributed by atoms with E-state index in [9.17, 15) is 19.5 Å². The maximum Gasteiger partial charge on any atom is 0.305 e. The third-order valence-corrected chi connectivity index (χ3v) is 9.68. The number of aliphatic hydroxyl groups is 1. The van der Waals surface area contributed by atoms with Crippen LogP contribution in [-0.2, 0) is 23.9 Å². The molecule has 0 fully saturated rings. The van der Waals surface area contributed by atoms with Crippen LogP contribution in [0.25, 0.3) is 32.7 Å². The molecule has 4 aromatic rings. The zero-order chi connectivity index (χ0) is 33.8. The molecule has 1 aliphatic carbocycles. The summed E-state index contributed by atoms with van der Waals surface area (Å²) in [5, 5.41) is 27.0. The third kappa shape index (κ3) is 4.85. The predicted octanol–water partition coefficient (Wildman–Crippen LogP) is 5.70. The Kier molecular flexibility index (Phi) is 7.61. The summed E-state index contributed by atoms with van der Waals surface area (Å²) >= 11 is 0. The highest BCUT2D eigenvalue weighted by molar-refractivity contribution is 6.52. The number of hydrogen-bond donors (Lipinski definition) is 4. The summed E-state index contributed by atoms with van der Waals surface area (Å²) in [7, 11) is 0. The van der Waals surface area contributed by atoms with Crippen molar-refractivity contribution < 1.29 is 29.0 Å². The van der Waals surface area contributed by atoms with Crippen LogP contribution >= 0.6 is 0 Å². The van der Waals surface area contributed by atoms with Crippen LogP contribution in [0.1, 0.15) is 58.9 Å². The van der Waals surface area contributed by atoms with E-state index in [-0.39, 0.29) is 60.7 Å². The number of carbonyl (C=O) groups excluding carboxylic acids is 3. The number of rotatable bonds is 9. The summed E-state index contributed by atoms with van der Waals surface area (Å²) in [6, 6.07) is 19.3. The summed E-state index contributed by atoms with van der Waals surface area (Å²) in [6.45, 7) is 7.53. The molecule has 2 heterocycles. The van der Waals surface area contributed by atoms with Crippen LogP contribution in [0.15, 0.2) is 71.4 Å². The van der Waals surface area contributed by atoms with Crippen molar-refractivity contribution in [3.05, 3.63) is 82.6 Å². The zero-order valence-corrected chi connectivity index (χ0v) is 27.5. The van der Waals surface area contributed by atoms with E-state index < -0.39 is 11.3 Å². The number of ketones is 1. The maximum absolute atomic E-state index is 14.3. The number of anilines is 3. The number of ether oxygens (including phenoxy) is 2. The van der Waals surface area contributed by atoms with Crippen molar-refractivity contribution >= 4 is 67.5 Å². The van der Waals surface area contributed by atoms with E-state index in [1.807, 2.05) is 74.5 Å². The van der Waals surface area contributed by atoms with E-state index >= 15 is 0 Å². The molecule has 7 rings (SSSR count). The molecule has 0 spiro atoms. The topological polar surface area (TPSA) is 138 Å². The van der Waals surface area contributed by atoms with Gasteiger partial charge in [0.1, 0.15) is 24.6 Å². The normalized spacial score (nSPS) is 21.9. The number of carbonyl (C=O) groups is 3. The average molecular weight is 647 g/mol. The molecular formula is C38H38N4O6. The van der Waals surface area contributed by atoms with Crippen LogP contribution in [0, 0.1) is 0 Å². The lowest BCUT2D eigenvalue weighted by Gasteiger charge is -2.41. The van der Waals surface area contributed by atoms with Crippen molar-refractivity contribution in [1.82, 2.24) is 0 Å². The second kappa shape index (κ2) is 11.7. The summed E-state index contributed by atoms with van der Waals surface area (Å²) < 4.78 is 11.2. The van der Waals surface area contributed by atoms with Crippen molar-refractivity contribution in [2.75, 3.05) is 29.2 Å². The summed E-state index contributed by atoms with van der Waals surface area (Å²) in [5.74, 6) is -1.06. The Morgan fingerprint density at radius 2 is 1.40 bits per heavy atom. The van der Waals surface area contributed by atoms with Crippen LogP contribution in [0.5, 0.6) is 0 Å². The van der Waals surface area contributed by atoms with Gasteiger partial charge in [-0.3, -0.25) is 19.4 Å². The maximum atomic E-state index is 14.3. The molecule has 0 aromatic heterocycles. The molecule has 0 saturated heterocycles. The largest absolute Gasteiger partial charge is 0.506 e. The Morgan fingerprint density at radius 3 is 2.04 bits per heavy atom. The summed E-state index contributed by atoms with van der Waals surface area (Å²) in [5.41, 5.74) is 1.51. The van der Waals surface area contributed by atoms with Crippen molar-refractivity contribution in [3.8, 4) is 0 Å². The van der Waals surface area contributed by atoms with Gasteiger partial charge in [-0.05, 0) is 35.7 Å². The highest BCUT2D eigenvalue weighted by Crippen LogP contribution is 2.47. The smallest absolute Gasteiger partial charge is 0.305 e. The molecule has 2 aliphatic heterocycles. The van der Waals surface area contributed by atoms with E-state index in [2.05, 4.69) is 16.0 Å². The molecule has 48 heavy (non-hydrogen) atoms. The summed E-state index contributed by atoms with van der Waals surface area (Å²) in [4.78, 5) is 43.6. The van der Waals surface area contributed by atoms with E-state index in [1.54, 1.807) is 13.8 Å². The van der Waals surface area contributed by atoms with Crippen molar-refractivity contribution in [2.45, 2.75) is 64.7 Å². The van der Waals surface area contributed by atoms with Gasteiger partial charge < -0.3 is 30.5 Å². The lowest BCUT2D eigenvalue weighted by molar-refractivity contribution is -0.145. The molecule has 2 unspecified atom stereocenters. The number of hydrogen-bond acceptors (Lipinski definition) is 10. The number of Topliss-reactive ketones (excluding diaryl/α,β-unsaturated/α-hetero) is 1. The van der Waals surface area contributed by atoms with Crippen molar-refractivity contribution in [1.29, 1.82) is 0 Å². The lowest BCUT2D eigenvalue weighted by atomic mass is 9.79. The fraction of sp³-hybridized carbons (Fsp3) is 0.316. The van der Waals surface area contributed by atoms with E-state index in [0.717, 1.165) is 32.9 Å². The molecule has 2 atom stereocenters. The van der Waals surface area contributed by atoms with Crippen molar-refractivity contribution in [3.63, 3.8) is 0 Å². The monoisotopic (exact) mass is 646 g/mol. The Bertz CT molecular complexity index is 2210. The van der Waals surface area contributed by atoms with Gasteiger partial charge in [-0.15, -0.1) is 0 Å². The van der Waals surface area contributed by atoms with Gasteiger partial charge in [0.2, 0.25) is 5.78 Å². The first-order valence-electron chi connectivity index (χ1n) is 16.5. The Labute approximate surface area is 277 Å². The van der Waals surface area contributed by atoms with Crippen LogP contribution in [0.3, 0.4) is 0 Å². The Hall–Kier alpha value is -5.38. The van der Waals surface area contributed by atoms with Gasteiger partial charge in [0.25, 0.3) is 0 Å². The molecule has 4 N–H and O–H groups in total. The van der Waals surface area contributed by atoms with Gasteiger partial charge in [0, 0.05) is 45.8 Å². The lowest BCUT2D eigenvalue weighted by Crippen LogP contribution is -2.52. The van der Waals surface area contributed by atoms with Crippen LogP contribution in [0.4, 0.5) is 17.1 Å². The number of benzene rings is 4. The fourth-order valence-corrected chi connectivity index (χ4v) is 6.82. The van der Waals surface area contributed by atoms with Crippen LogP contribution in [-0.4, -0.2) is 47.4 Å². The van der Waals surface area contributed by atoms with Gasteiger partial charge in [0.05, 0.1) is 22.2 Å². The molecular weight excluding hydrogens is 608 g/mol. The molecule has 10 nitrogen and oxygen atoms in total. The van der Waals surface area contributed by atoms with Crippen LogP contribution < -0.4 is 26.5 Å². The number of aliphatic hydroxyl groups excluding tert-OH is 1. The first-order valence-corrected chi connectivity index (χ1v) is 16.5. The van der Waals surface area contributed by atoms with E-state index in [4.69, 9.17) is 14.5 Å². The first-order chi connectivity index (χ1) is 23.2. The fourth-order valence-electron chi connectivity index (χ4n) is 6.82. The molecule has 246 valence electrons. The minimum atomic E-state index is -0.946. The van der Waals surface area contributed by atoms with Gasteiger partial charge in [-0.25, -0.2) is 0 Å². The molecule has 10 heteroatoms. The Balaban J connectivity index is 1.41. The van der Waals surface area contributed by atoms with Gasteiger partial charge >= 0.3 is 11.9 Å².